The van der Waals surface area contributed by atoms with Gasteiger partial charge in [-0.2, -0.15) is 4.31 Å². The number of rotatable bonds is 2. The molecule has 0 aromatic heterocycles. The molecular weight excluding hydrogens is 307 g/mol. The summed E-state index contributed by atoms with van der Waals surface area (Å²) >= 11 is 0. The van der Waals surface area contributed by atoms with Crippen molar-refractivity contribution in [3.8, 4) is 0 Å². The third-order valence-electron chi connectivity index (χ3n) is 4.41. The number of morpholine rings is 1. The molecular formula is C15H21FN2O3S. The Morgan fingerprint density at radius 1 is 1.32 bits per heavy atom. The summed E-state index contributed by atoms with van der Waals surface area (Å²) in [7, 11) is -1.89. The Morgan fingerprint density at radius 2 is 2.09 bits per heavy atom. The first-order chi connectivity index (χ1) is 10.4. The molecule has 2 fully saturated rings. The van der Waals surface area contributed by atoms with Crippen LogP contribution in [0.1, 0.15) is 12.0 Å². The van der Waals surface area contributed by atoms with Crippen molar-refractivity contribution >= 4 is 10.0 Å². The lowest BCUT2D eigenvalue weighted by Crippen LogP contribution is -2.60. The first kappa shape index (κ1) is 15.9. The van der Waals surface area contributed by atoms with Crippen molar-refractivity contribution in [3.63, 3.8) is 0 Å². The van der Waals surface area contributed by atoms with Gasteiger partial charge in [0.15, 0.2) is 0 Å². The van der Waals surface area contributed by atoms with E-state index in [0.717, 1.165) is 13.0 Å². The van der Waals surface area contributed by atoms with Gasteiger partial charge in [-0.25, -0.2) is 12.8 Å². The fourth-order valence-electron chi connectivity index (χ4n) is 3.24. The minimum Gasteiger partial charge on any atom is -0.375 e. The molecule has 7 heteroatoms. The Morgan fingerprint density at radius 3 is 2.82 bits per heavy atom. The van der Waals surface area contributed by atoms with Gasteiger partial charge in [0.2, 0.25) is 10.0 Å². The highest BCUT2D eigenvalue weighted by Gasteiger charge is 2.42. The zero-order valence-corrected chi connectivity index (χ0v) is 13.6. The van der Waals surface area contributed by atoms with E-state index in [1.54, 1.807) is 13.0 Å². The Kier molecular flexibility index (Phi) is 4.24. The van der Waals surface area contributed by atoms with Crippen LogP contribution in [0.2, 0.25) is 0 Å². The van der Waals surface area contributed by atoms with E-state index in [1.165, 1.54) is 16.4 Å². The molecule has 0 spiro atoms. The predicted molar refractivity (Wildman–Crippen MR) is 80.7 cm³/mol. The maximum Gasteiger partial charge on any atom is 0.246 e. The largest absolute Gasteiger partial charge is 0.375 e. The number of aryl methyl sites for hydroxylation is 1. The summed E-state index contributed by atoms with van der Waals surface area (Å²) in [4.78, 5) is 1.84. The topological polar surface area (TPSA) is 49.9 Å². The molecule has 122 valence electrons. The van der Waals surface area contributed by atoms with E-state index in [4.69, 9.17) is 4.74 Å². The summed E-state index contributed by atoms with van der Waals surface area (Å²) in [5.74, 6) is -0.688. The van der Waals surface area contributed by atoms with Gasteiger partial charge >= 0.3 is 0 Å². The maximum atomic E-state index is 14.2. The van der Waals surface area contributed by atoms with Crippen LogP contribution in [-0.2, 0) is 14.8 Å². The normalized spacial score (nSPS) is 27.6. The minimum absolute atomic E-state index is 0.103. The number of sulfonamides is 1. The van der Waals surface area contributed by atoms with E-state index in [-0.39, 0.29) is 23.6 Å². The van der Waals surface area contributed by atoms with Crippen LogP contribution in [0.4, 0.5) is 4.39 Å². The molecule has 2 aliphatic rings. The molecule has 22 heavy (non-hydrogen) atoms. The van der Waals surface area contributed by atoms with Crippen LogP contribution in [0.5, 0.6) is 0 Å². The number of halogens is 1. The molecule has 1 aromatic carbocycles. The second kappa shape index (κ2) is 5.88. The van der Waals surface area contributed by atoms with E-state index in [1.807, 2.05) is 7.05 Å². The average Bonchev–Trinajstić information content (AvgIpc) is 2.46. The van der Waals surface area contributed by atoms with E-state index in [9.17, 15) is 12.8 Å². The number of likely N-dealkylation sites (tertiary alicyclic amines) is 1. The lowest BCUT2D eigenvalue weighted by Gasteiger charge is -2.45. The van der Waals surface area contributed by atoms with Crippen LogP contribution < -0.4 is 0 Å². The van der Waals surface area contributed by atoms with Crippen LogP contribution in [-0.4, -0.2) is 63.1 Å². The van der Waals surface area contributed by atoms with E-state index in [0.29, 0.717) is 18.7 Å². The van der Waals surface area contributed by atoms with Crippen molar-refractivity contribution in [3.05, 3.63) is 29.6 Å². The number of fused-ring (bicyclic) bond motifs is 1. The first-order valence-electron chi connectivity index (χ1n) is 7.48. The third-order valence-corrected chi connectivity index (χ3v) is 6.37. The monoisotopic (exact) mass is 328 g/mol. The molecule has 2 heterocycles. The molecule has 0 unspecified atom stereocenters. The van der Waals surface area contributed by atoms with Crippen LogP contribution in [0.25, 0.3) is 0 Å². The van der Waals surface area contributed by atoms with Crippen molar-refractivity contribution in [2.24, 2.45) is 0 Å². The molecule has 2 atom stereocenters. The maximum absolute atomic E-state index is 14.2. The Hall–Kier alpha value is -1.02. The molecule has 5 nitrogen and oxygen atoms in total. The first-order valence-corrected chi connectivity index (χ1v) is 8.92. The van der Waals surface area contributed by atoms with Crippen LogP contribution >= 0.6 is 0 Å². The summed E-state index contributed by atoms with van der Waals surface area (Å²) in [6, 6.07) is 3.99. The highest BCUT2D eigenvalue weighted by atomic mass is 32.2. The number of likely N-dealkylation sites (N-methyl/N-ethyl adjacent to an activating group) is 1. The second-order valence-corrected chi connectivity index (χ2v) is 7.94. The van der Waals surface area contributed by atoms with Gasteiger partial charge in [0.25, 0.3) is 0 Å². The Bertz CT molecular complexity index is 665. The number of nitrogens with zero attached hydrogens (tertiary/aromatic N) is 2. The van der Waals surface area contributed by atoms with E-state index >= 15 is 0 Å². The minimum atomic E-state index is -3.85. The quantitative estimate of drug-likeness (QED) is 0.819. The van der Waals surface area contributed by atoms with Gasteiger partial charge in [-0.1, -0.05) is 6.07 Å². The van der Waals surface area contributed by atoms with E-state index < -0.39 is 15.8 Å². The summed E-state index contributed by atoms with van der Waals surface area (Å²) in [5, 5.41) is 0. The highest BCUT2D eigenvalue weighted by Crippen LogP contribution is 2.29. The molecule has 2 saturated heterocycles. The molecule has 0 aliphatic carbocycles. The standard InChI is InChI=1S/C15H21FN2O3S/c1-11-3-4-15(12(16)9-11)22(19,20)18-7-8-21-14-5-6-17(2)10-13(14)18/h3-4,9,13-14H,5-8,10H2,1-2H3/t13-,14+/m1/s1. The van der Waals surface area contributed by atoms with Gasteiger partial charge in [-0.15, -0.1) is 0 Å². The van der Waals surface area contributed by atoms with Crippen LogP contribution in [0.3, 0.4) is 0 Å². The third kappa shape index (κ3) is 2.78. The number of hydrogen-bond donors (Lipinski definition) is 0. The van der Waals surface area contributed by atoms with Crippen LogP contribution in [0, 0.1) is 12.7 Å². The van der Waals surface area contributed by atoms with Crippen molar-refractivity contribution < 1.29 is 17.5 Å². The van der Waals surface area contributed by atoms with Crippen LogP contribution in [0.15, 0.2) is 23.1 Å². The zero-order valence-electron chi connectivity index (χ0n) is 12.8. The van der Waals surface area contributed by atoms with Crippen molar-refractivity contribution in [1.82, 2.24) is 9.21 Å². The Labute approximate surface area is 130 Å². The number of benzene rings is 1. The Balaban J connectivity index is 1.96. The molecule has 0 N–H and O–H groups in total. The van der Waals surface area contributed by atoms with Gasteiger partial charge in [-0.3, -0.25) is 0 Å². The summed E-state index contributed by atoms with van der Waals surface area (Å²) < 4.78 is 47.1. The molecule has 2 aliphatic heterocycles. The second-order valence-electron chi connectivity index (χ2n) is 6.08. The fourth-order valence-corrected chi connectivity index (χ4v) is 4.91. The lowest BCUT2D eigenvalue weighted by atomic mass is 10.0. The SMILES string of the molecule is Cc1ccc(S(=O)(=O)N2CCO[C@H]3CCN(C)C[C@H]32)c(F)c1. The van der Waals surface area contributed by atoms with Crippen molar-refractivity contribution in [2.75, 3.05) is 33.3 Å². The lowest BCUT2D eigenvalue weighted by molar-refractivity contribution is -0.0720. The molecule has 0 bridgehead atoms. The molecule has 1 aromatic rings. The summed E-state index contributed by atoms with van der Waals surface area (Å²) in [6.07, 6.45) is 0.692. The molecule has 0 saturated carbocycles. The average molecular weight is 328 g/mol. The van der Waals surface area contributed by atoms with E-state index in [2.05, 4.69) is 4.90 Å². The highest BCUT2D eigenvalue weighted by molar-refractivity contribution is 7.89. The van der Waals surface area contributed by atoms with Gasteiger partial charge in [0.05, 0.1) is 18.8 Å². The predicted octanol–water partition coefficient (Wildman–Crippen LogP) is 1.23. The molecule has 0 amide bonds. The number of piperidine rings is 1. The smallest absolute Gasteiger partial charge is 0.246 e. The zero-order chi connectivity index (χ0) is 15.9. The van der Waals surface area contributed by atoms with Gasteiger partial charge in [-0.05, 0) is 38.1 Å². The summed E-state index contributed by atoms with van der Waals surface area (Å²) in [5.41, 5.74) is 0.703. The van der Waals surface area contributed by atoms with Crippen molar-refractivity contribution in [2.45, 2.75) is 30.4 Å². The van der Waals surface area contributed by atoms with Gasteiger partial charge in [0, 0.05) is 19.6 Å². The molecule has 0 radical (unpaired) electrons. The number of hydrogen-bond acceptors (Lipinski definition) is 4. The fraction of sp³-hybridized carbons (Fsp3) is 0.600. The van der Waals surface area contributed by atoms with Gasteiger partial charge in [0.1, 0.15) is 10.7 Å². The number of ether oxygens (including phenoxy) is 1. The van der Waals surface area contributed by atoms with Gasteiger partial charge < -0.3 is 9.64 Å². The molecule has 3 rings (SSSR count). The van der Waals surface area contributed by atoms with Crippen molar-refractivity contribution in [1.29, 1.82) is 0 Å². The summed E-state index contributed by atoms with van der Waals surface area (Å²) in [6.45, 7) is 3.86.